The zero-order valence-corrected chi connectivity index (χ0v) is 18.1. The summed E-state index contributed by atoms with van der Waals surface area (Å²) < 4.78 is 14.7. The fourth-order valence-corrected chi connectivity index (χ4v) is 5.07. The summed E-state index contributed by atoms with van der Waals surface area (Å²) in [4.78, 5) is 18.0. The van der Waals surface area contributed by atoms with E-state index < -0.39 is 6.04 Å². The molecule has 1 aliphatic carbocycles. The molecule has 5 heteroatoms. The maximum Gasteiger partial charge on any atom is 0.194 e. The fourth-order valence-electron chi connectivity index (χ4n) is 4.12. The first kappa shape index (κ1) is 19.8. The lowest BCUT2D eigenvalue weighted by Crippen LogP contribution is -2.27. The lowest BCUT2D eigenvalue weighted by Gasteiger charge is -2.24. The molecular formula is C26H21FN2OS. The molecular weight excluding hydrogens is 407 g/mol. The highest BCUT2D eigenvalue weighted by molar-refractivity contribution is 8.13. The SMILES string of the molecule is Cc1ccc(C)c(CSC2=N[C@H](c3ccccc3F)C3=C(N2)c2ccccc2C3=O)c1. The lowest BCUT2D eigenvalue weighted by molar-refractivity contribution is 0.103. The van der Waals surface area contributed by atoms with Crippen molar-refractivity contribution in [2.45, 2.75) is 25.6 Å². The van der Waals surface area contributed by atoms with Crippen molar-refractivity contribution in [3.05, 3.63) is 112 Å². The molecule has 0 spiro atoms. The number of amidine groups is 1. The number of nitrogens with zero attached hydrogens (tertiary/aromatic N) is 1. The largest absolute Gasteiger partial charge is 0.334 e. The highest BCUT2D eigenvalue weighted by Crippen LogP contribution is 2.43. The summed E-state index contributed by atoms with van der Waals surface area (Å²) >= 11 is 1.57. The Labute approximate surface area is 185 Å². The van der Waals surface area contributed by atoms with Gasteiger partial charge in [0.1, 0.15) is 11.9 Å². The number of aliphatic imine (C=N–C) groups is 1. The molecule has 31 heavy (non-hydrogen) atoms. The first-order chi connectivity index (χ1) is 15.0. The first-order valence-electron chi connectivity index (χ1n) is 10.2. The quantitative estimate of drug-likeness (QED) is 0.558. The molecule has 0 amide bonds. The molecule has 0 unspecified atom stereocenters. The van der Waals surface area contributed by atoms with Crippen LogP contribution in [0.2, 0.25) is 0 Å². The topological polar surface area (TPSA) is 41.5 Å². The van der Waals surface area contributed by atoms with Gasteiger partial charge in [0, 0.05) is 22.4 Å². The van der Waals surface area contributed by atoms with Crippen LogP contribution in [0.3, 0.4) is 0 Å². The van der Waals surface area contributed by atoms with Crippen LogP contribution in [0.1, 0.15) is 44.2 Å². The third kappa shape index (κ3) is 3.49. The van der Waals surface area contributed by atoms with Crippen molar-refractivity contribution in [3.63, 3.8) is 0 Å². The molecule has 5 rings (SSSR count). The van der Waals surface area contributed by atoms with Gasteiger partial charge in [-0.05, 0) is 31.0 Å². The maximum absolute atomic E-state index is 14.7. The number of halogens is 1. The van der Waals surface area contributed by atoms with Crippen molar-refractivity contribution >= 4 is 28.4 Å². The molecule has 0 saturated carbocycles. The van der Waals surface area contributed by atoms with Crippen molar-refractivity contribution in [2.24, 2.45) is 4.99 Å². The Morgan fingerprint density at radius 3 is 2.55 bits per heavy atom. The highest BCUT2D eigenvalue weighted by Gasteiger charge is 2.39. The van der Waals surface area contributed by atoms with Crippen LogP contribution in [0.25, 0.3) is 5.70 Å². The van der Waals surface area contributed by atoms with Crippen molar-refractivity contribution < 1.29 is 9.18 Å². The van der Waals surface area contributed by atoms with Gasteiger partial charge in [0.2, 0.25) is 0 Å². The number of nitrogens with one attached hydrogen (secondary N) is 1. The van der Waals surface area contributed by atoms with Crippen molar-refractivity contribution in [1.82, 2.24) is 5.32 Å². The zero-order valence-electron chi connectivity index (χ0n) is 17.3. The summed E-state index contributed by atoms with van der Waals surface area (Å²) in [5.41, 5.74) is 6.84. The van der Waals surface area contributed by atoms with Crippen molar-refractivity contribution in [1.29, 1.82) is 0 Å². The van der Waals surface area contributed by atoms with Crippen LogP contribution < -0.4 is 5.32 Å². The van der Waals surface area contributed by atoms with E-state index in [4.69, 9.17) is 4.99 Å². The molecule has 1 atom stereocenters. The maximum atomic E-state index is 14.7. The number of benzene rings is 3. The van der Waals surface area contributed by atoms with Crippen molar-refractivity contribution in [2.75, 3.05) is 0 Å². The average molecular weight is 429 g/mol. The Kier molecular flexibility index (Phi) is 4.98. The van der Waals surface area contributed by atoms with E-state index >= 15 is 0 Å². The molecule has 0 saturated heterocycles. The van der Waals surface area contributed by atoms with Gasteiger partial charge in [0.05, 0.1) is 11.3 Å². The van der Waals surface area contributed by atoms with E-state index in [0.717, 1.165) is 17.0 Å². The van der Waals surface area contributed by atoms with Crippen LogP contribution in [0, 0.1) is 19.7 Å². The summed E-state index contributed by atoms with van der Waals surface area (Å²) in [6.45, 7) is 4.18. The Balaban J connectivity index is 1.54. The number of aryl methyl sites for hydroxylation is 2. The summed E-state index contributed by atoms with van der Waals surface area (Å²) in [5.74, 6) is 0.294. The number of carbonyl (C=O) groups excluding carboxylic acids is 1. The van der Waals surface area contributed by atoms with Gasteiger partial charge >= 0.3 is 0 Å². The van der Waals surface area contributed by atoms with E-state index in [1.165, 1.54) is 22.8 Å². The molecule has 1 N–H and O–H groups in total. The standard InChI is InChI=1S/C26H21FN2OS/c1-15-11-12-16(2)17(13-15)14-31-26-28-23-18-7-3-4-8-19(18)25(30)22(23)24(29-26)20-9-5-6-10-21(20)27/h3-13,24H,14H2,1-2H3,(H,28,29)/t24-/m1/s1. The van der Waals surface area contributed by atoms with Crippen LogP contribution in [0.15, 0.2) is 77.3 Å². The molecule has 0 bridgehead atoms. The van der Waals surface area contributed by atoms with Crippen molar-refractivity contribution in [3.8, 4) is 0 Å². The molecule has 0 aromatic heterocycles. The Hall–Kier alpha value is -3.18. The summed E-state index contributed by atoms with van der Waals surface area (Å²) in [5, 5.41) is 4.07. The van der Waals surface area contributed by atoms with Gasteiger partial charge < -0.3 is 5.32 Å². The van der Waals surface area contributed by atoms with Gasteiger partial charge in [-0.3, -0.25) is 4.79 Å². The Bertz CT molecular complexity index is 1280. The smallest absolute Gasteiger partial charge is 0.194 e. The normalized spacial score (nSPS) is 17.2. The summed E-state index contributed by atoms with van der Waals surface area (Å²) in [7, 11) is 0. The Morgan fingerprint density at radius 2 is 1.74 bits per heavy atom. The van der Waals surface area contributed by atoms with Crippen LogP contribution in [0.4, 0.5) is 4.39 Å². The second-order valence-corrected chi connectivity index (χ2v) is 8.83. The number of fused-ring (bicyclic) bond motifs is 2. The zero-order chi connectivity index (χ0) is 21.5. The molecule has 0 fully saturated rings. The van der Waals surface area contributed by atoms with E-state index in [-0.39, 0.29) is 11.6 Å². The number of hydrogen-bond donors (Lipinski definition) is 1. The third-order valence-electron chi connectivity index (χ3n) is 5.78. The second kappa shape index (κ2) is 7.82. The highest BCUT2D eigenvalue weighted by atomic mass is 32.2. The molecule has 3 nitrogen and oxygen atoms in total. The fraction of sp³-hybridized carbons (Fsp3) is 0.154. The third-order valence-corrected chi connectivity index (χ3v) is 6.71. The number of thioether (sulfide) groups is 1. The number of ketones is 1. The molecule has 1 heterocycles. The summed E-state index contributed by atoms with van der Waals surface area (Å²) in [6, 6.07) is 19.8. The van der Waals surface area contributed by atoms with Gasteiger partial charge in [0.15, 0.2) is 11.0 Å². The van der Waals surface area contributed by atoms with Gasteiger partial charge in [-0.15, -0.1) is 0 Å². The number of hydrogen-bond acceptors (Lipinski definition) is 4. The van der Waals surface area contributed by atoms with Crippen LogP contribution in [-0.4, -0.2) is 11.0 Å². The predicted octanol–water partition coefficient (Wildman–Crippen LogP) is 5.98. The minimum absolute atomic E-state index is 0.0892. The molecule has 154 valence electrons. The van der Waals surface area contributed by atoms with Crippen LogP contribution in [-0.2, 0) is 5.75 Å². The summed E-state index contributed by atoms with van der Waals surface area (Å²) in [6.07, 6.45) is 0. The lowest BCUT2D eigenvalue weighted by atomic mass is 9.95. The number of Topliss-reactive ketones (excluding diaryl/α,β-unsaturated/α-hetero) is 1. The van der Waals surface area contributed by atoms with E-state index in [0.29, 0.717) is 21.9 Å². The number of carbonyl (C=O) groups is 1. The van der Waals surface area contributed by atoms with Crippen LogP contribution in [0.5, 0.6) is 0 Å². The minimum atomic E-state index is -0.668. The van der Waals surface area contributed by atoms with E-state index in [1.54, 1.807) is 30.0 Å². The van der Waals surface area contributed by atoms with E-state index in [1.807, 2.05) is 24.3 Å². The van der Waals surface area contributed by atoms with Gasteiger partial charge in [0.25, 0.3) is 0 Å². The Morgan fingerprint density at radius 1 is 1.00 bits per heavy atom. The molecule has 3 aromatic rings. The molecule has 3 aromatic carbocycles. The van der Waals surface area contributed by atoms with Crippen LogP contribution >= 0.6 is 11.8 Å². The average Bonchev–Trinajstić information content (AvgIpc) is 3.07. The van der Waals surface area contributed by atoms with Gasteiger partial charge in [-0.25, -0.2) is 9.38 Å². The molecule has 2 aliphatic rings. The van der Waals surface area contributed by atoms with E-state index in [9.17, 15) is 9.18 Å². The second-order valence-electron chi connectivity index (χ2n) is 7.87. The minimum Gasteiger partial charge on any atom is -0.334 e. The molecule has 0 radical (unpaired) electrons. The van der Waals surface area contributed by atoms with Gasteiger partial charge in [-0.1, -0.05) is 78.0 Å². The number of rotatable bonds is 3. The predicted molar refractivity (Wildman–Crippen MR) is 125 cm³/mol. The first-order valence-corrected chi connectivity index (χ1v) is 11.2. The molecule has 1 aliphatic heterocycles. The monoisotopic (exact) mass is 428 g/mol. The van der Waals surface area contributed by atoms with E-state index in [2.05, 4.69) is 37.4 Å². The van der Waals surface area contributed by atoms with Gasteiger partial charge in [-0.2, -0.15) is 0 Å².